The lowest BCUT2D eigenvalue weighted by molar-refractivity contribution is 0.0499. The van der Waals surface area contributed by atoms with Crippen molar-refractivity contribution in [2.75, 3.05) is 20.5 Å². The van der Waals surface area contributed by atoms with Gasteiger partial charge in [0.15, 0.2) is 6.79 Å². The maximum atomic E-state index is 8.73. The van der Waals surface area contributed by atoms with Crippen molar-refractivity contribution in [2.24, 2.45) is 0 Å². The second kappa shape index (κ2) is 13.4. The largest absolute Gasteiger partial charge is 0.467 e. The number of hydrogen-bond acceptors (Lipinski definition) is 3. The zero-order valence-electron chi connectivity index (χ0n) is 15.0. The molecular formula is C20H34O3. The van der Waals surface area contributed by atoms with Crippen molar-refractivity contribution in [3.63, 3.8) is 0 Å². The summed E-state index contributed by atoms with van der Waals surface area (Å²) in [6.45, 7) is 2.74. The molecule has 23 heavy (non-hydrogen) atoms. The third kappa shape index (κ3) is 8.97. The number of aryl methyl sites for hydroxylation is 2. The molecule has 0 amide bonds. The molecule has 1 aromatic carbocycles. The number of ether oxygens (including phenoxy) is 2. The molecule has 0 aliphatic rings. The van der Waals surface area contributed by atoms with E-state index in [1.165, 1.54) is 62.5 Å². The van der Waals surface area contributed by atoms with Crippen LogP contribution in [0.3, 0.4) is 0 Å². The fraction of sp³-hybridized carbons (Fsp3) is 0.700. The minimum Gasteiger partial charge on any atom is -0.467 e. The van der Waals surface area contributed by atoms with E-state index in [0.29, 0.717) is 13.4 Å². The summed E-state index contributed by atoms with van der Waals surface area (Å²) >= 11 is 0. The van der Waals surface area contributed by atoms with Gasteiger partial charge in [0, 0.05) is 13.7 Å². The molecule has 0 unspecified atom stereocenters. The van der Waals surface area contributed by atoms with Gasteiger partial charge in [-0.3, -0.25) is 0 Å². The molecule has 0 saturated heterocycles. The second-order valence-corrected chi connectivity index (χ2v) is 6.27. The molecular weight excluding hydrogens is 288 g/mol. The Labute approximate surface area is 142 Å². The topological polar surface area (TPSA) is 38.7 Å². The molecule has 0 saturated carbocycles. The van der Waals surface area contributed by atoms with Gasteiger partial charge in [0.1, 0.15) is 5.75 Å². The van der Waals surface area contributed by atoms with Crippen LogP contribution in [-0.4, -0.2) is 25.6 Å². The Morgan fingerprint density at radius 1 is 0.870 bits per heavy atom. The summed E-state index contributed by atoms with van der Waals surface area (Å²) in [4.78, 5) is 0. The number of para-hydroxylation sites is 1. The highest BCUT2D eigenvalue weighted by Gasteiger charge is 2.06. The second-order valence-electron chi connectivity index (χ2n) is 6.27. The molecule has 0 atom stereocenters. The van der Waals surface area contributed by atoms with Gasteiger partial charge in [-0.15, -0.1) is 0 Å². The van der Waals surface area contributed by atoms with E-state index in [9.17, 15) is 0 Å². The molecule has 0 heterocycles. The molecule has 1 rings (SSSR count). The van der Waals surface area contributed by atoms with Crippen LogP contribution in [0.5, 0.6) is 5.75 Å². The summed E-state index contributed by atoms with van der Waals surface area (Å²) in [5, 5.41) is 8.73. The van der Waals surface area contributed by atoms with Gasteiger partial charge in [0.05, 0.1) is 0 Å². The third-order valence-electron chi connectivity index (χ3n) is 4.22. The first-order valence-electron chi connectivity index (χ1n) is 9.10. The number of unbranched alkanes of at least 4 members (excludes halogenated alkanes) is 8. The summed E-state index contributed by atoms with van der Waals surface area (Å²) in [5.74, 6) is 0.998. The van der Waals surface area contributed by atoms with Crippen LogP contribution in [0.4, 0.5) is 0 Å². The van der Waals surface area contributed by atoms with E-state index in [-0.39, 0.29) is 0 Å². The molecule has 0 aliphatic carbocycles. The summed E-state index contributed by atoms with van der Waals surface area (Å²) in [5.41, 5.74) is 2.48. The molecule has 0 fully saturated rings. The standard InChI is InChI=1S/C20H34O3/c1-18-13-12-15-19(20(18)23-17-22-2)14-10-8-6-4-3-5-7-9-11-16-21/h12-13,15,21H,3-11,14,16-17H2,1-2H3. The molecule has 0 aliphatic heterocycles. The predicted octanol–water partition coefficient (Wildman–Crippen LogP) is 5.02. The third-order valence-corrected chi connectivity index (χ3v) is 4.22. The van der Waals surface area contributed by atoms with Crippen LogP contribution in [-0.2, 0) is 11.2 Å². The maximum absolute atomic E-state index is 8.73. The average Bonchev–Trinajstić information content (AvgIpc) is 2.56. The molecule has 0 bridgehead atoms. The maximum Gasteiger partial charge on any atom is 0.188 e. The zero-order chi connectivity index (χ0) is 16.8. The molecule has 3 nitrogen and oxygen atoms in total. The molecule has 0 aromatic heterocycles. The fourth-order valence-electron chi connectivity index (χ4n) is 2.90. The van der Waals surface area contributed by atoms with Gasteiger partial charge in [-0.1, -0.05) is 63.1 Å². The highest BCUT2D eigenvalue weighted by atomic mass is 16.7. The Balaban J connectivity index is 2.15. The van der Waals surface area contributed by atoms with Crippen molar-refractivity contribution in [1.82, 2.24) is 0 Å². The minimum atomic E-state index is 0.314. The number of aliphatic hydroxyl groups is 1. The van der Waals surface area contributed by atoms with E-state index >= 15 is 0 Å². The molecule has 0 radical (unpaired) electrons. The number of rotatable bonds is 14. The first-order valence-corrected chi connectivity index (χ1v) is 9.10. The molecule has 1 aromatic rings. The lowest BCUT2D eigenvalue weighted by Crippen LogP contribution is -2.03. The van der Waals surface area contributed by atoms with Gasteiger partial charge in [-0.2, -0.15) is 0 Å². The van der Waals surface area contributed by atoms with Crippen LogP contribution in [0.15, 0.2) is 18.2 Å². The van der Waals surface area contributed by atoms with Crippen molar-refractivity contribution in [2.45, 2.75) is 71.1 Å². The van der Waals surface area contributed by atoms with Gasteiger partial charge >= 0.3 is 0 Å². The Morgan fingerprint density at radius 3 is 2.09 bits per heavy atom. The Kier molecular flexibility index (Phi) is 11.6. The Hall–Kier alpha value is -1.06. The molecule has 1 N–H and O–H groups in total. The number of aliphatic hydroxyl groups excluding tert-OH is 1. The number of benzene rings is 1. The predicted molar refractivity (Wildman–Crippen MR) is 96.0 cm³/mol. The molecule has 3 heteroatoms. The SMILES string of the molecule is COCOc1c(C)cccc1CCCCCCCCCCCO. The highest BCUT2D eigenvalue weighted by molar-refractivity contribution is 5.40. The van der Waals surface area contributed by atoms with Crippen LogP contribution in [0, 0.1) is 6.92 Å². The molecule has 132 valence electrons. The summed E-state index contributed by atoms with van der Waals surface area (Å²) in [6.07, 6.45) is 12.3. The smallest absolute Gasteiger partial charge is 0.188 e. The van der Waals surface area contributed by atoms with Gasteiger partial charge in [-0.05, 0) is 37.3 Å². The van der Waals surface area contributed by atoms with Gasteiger partial charge in [0.2, 0.25) is 0 Å². The van der Waals surface area contributed by atoms with Crippen LogP contribution in [0.1, 0.15) is 68.9 Å². The van der Waals surface area contributed by atoms with Gasteiger partial charge in [0.25, 0.3) is 0 Å². The number of hydrogen-bond donors (Lipinski definition) is 1. The summed E-state index contributed by atoms with van der Waals surface area (Å²) in [6, 6.07) is 6.36. The van der Waals surface area contributed by atoms with Crippen molar-refractivity contribution in [3.8, 4) is 5.75 Å². The van der Waals surface area contributed by atoms with E-state index < -0.39 is 0 Å². The van der Waals surface area contributed by atoms with Crippen molar-refractivity contribution in [1.29, 1.82) is 0 Å². The lowest BCUT2D eigenvalue weighted by Gasteiger charge is -2.13. The van der Waals surface area contributed by atoms with Crippen LogP contribution in [0.25, 0.3) is 0 Å². The van der Waals surface area contributed by atoms with E-state index in [2.05, 4.69) is 25.1 Å². The van der Waals surface area contributed by atoms with Crippen molar-refractivity contribution >= 4 is 0 Å². The lowest BCUT2D eigenvalue weighted by atomic mass is 10.0. The van der Waals surface area contributed by atoms with E-state index in [1.807, 2.05) is 0 Å². The quantitative estimate of drug-likeness (QED) is 0.386. The molecule has 0 spiro atoms. The first kappa shape index (κ1) is 20.0. The van der Waals surface area contributed by atoms with Gasteiger partial charge < -0.3 is 14.6 Å². The summed E-state index contributed by atoms with van der Waals surface area (Å²) in [7, 11) is 1.65. The zero-order valence-corrected chi connectivity index (χ0v) is 15.0. The van der Waals surface area contributed by atoms with Crippen LogP contribution in [0.2, 0.25) is 0 Å². The highest BCUT2D eigenvalue weighted by Crippen LogP contribution is 2.25. The van der Waals surface area contributed by atoms with Crippen LogP contribution < -0.4 is 4.74 Å². The fourth-order valence-corrected chi connectivity index (χ4v) is 2.90. The van der Waals surface area contributed by atoms with Crippen LogP contribution >= 0.6 is 0 Å². The van der Waals surface area contributed by atoms with E-state index in [4.69, 9.17) is 14.6 Å². The van der Waals surface area contributed by atoms with Gasteiger partial charge in [-0.25, -0.2) is 0 Å². The Bertz CT molecular complexity index is 404. The average molecular weight is 322 g/mol. The van der Waals surface area contributed by atoms with E-state index in [1.54, 1.807) is 7.11 Å². The first-order chi connectivity index (χ1) is 11.3. The monoisotopic (exact) mass is 322 g/mol. The van der Waals surface area contributed by atoms with E-state index in [0.717, 1.165) is 18.6 Å². The Morgan fingerprint density at radius 2 is 1.48 bits per heavy atom. The normalized spacial score (nSPS) is 10.9. The van der Waals surface area contributed by atoms with Crippen molar-refractivity contribution in [3.05, 3.63) is 29.3 Å². The number of methoxy groups -OCH3 is 1. The minimum absolute atomic E-state index is 0.314. The van der Waals surface area contributed by atoms with Crippen molar-refractivity contribution < 1.29 is 14.6 Å². The summed E-state index contributed by atoms with van der Waals surface area (Å²) < 4.78 is 10.7.